The van der Waals surface area contributed by atoms with Crippen LogP contribution in [0.2, 0.25) is 0 Å². The van der Waals surface area contributed by atoms with Crippen LogP contribution in [-0.2, 0) is 16.0 Å². The number of hydrogen-bond donors (Lipinski definition) is 0. The average Bonchev–Trinajstić information content (AvgIpc) is 2.12. The summed E-state index contributed by atoms with van der Waals surface area (Å²) < 4.78 is 17.0. The molecule has 1 rings (SSSR count). The molecule has 0 spiro atoms. The maximum atomic E-state index is 11.3. The van der Waals surface area contributed by atoms with Crippen LogP contribution < -0.4 is 0 Å². The maximum absolute atomic E-state index is 11.3. The van der Waals surface area contributed by atoms with Crippen molar-refractivity contribution in [1.29, 1.82) is 0 Å². The van der Waals surface area contributed by atoms with Crippen molar-refractivity contribution in [3.63, 3.8) is 0 Å². The average molecular weight is 252 g/mol. The highest BCUT2D eigenvalue weighted by Gasteiger charge is 2.19. The highest BCUT2D eigenvalue weighted by molar-refractivity contribution is 7.66. The van der Waals surface area contributed by atoms with Gasteiger partial charge >= 0.3 is 0 Å². The van der Waals surface area contributed by atoms with Crippen molar-refractivity contribution in [2.75, 3.05) is 0 Å². The molecule has 3 heteroatoms. The first-order chi connectivity index (χ1) is 7.74. The monoisotopic (exact) mass is 252 g/mol. The van der Waals surface area contributed by atoms with E-state index < -0.39 is 0 Å². The van der Waals surface area contributed by atoms with E-state index in [0.717, 1.165) is 16.7 Å². The van der Waals surface area contributed by atoms with Gasteiger partial charge in [0.15, 0.2) is 5.05 Å². The Morgan fingerprint density at radius 3 is 1.94 bits per heavy atom. The SMILES string of the molecule is Cc1cc(C)c(C(OC(C)(C)C)=S=O)c(C)c1. The van der Waals surface area contributed by atoms with E-state index >= 15 is 0 Å². The zero-order valence-electron chi connectivity index (χ0n) is 11.4. The number of rotatable bonds is 1. The van der Waals surface area contributed by atoms with Gasteiger partial charge < -0.3 is 4.74 Å². The molecule has 0 unspecified atom stereocenters. The molecule has 0 N–H and O–H groups in total. The Balaban J connectivity index is 3.28. The zero-order chi connectivity index (χ0) is 13.2. The van der Waals surface area contributed by atoms with Gasteiger partial charge in [-0.25, -0.2) is 4.21 Å². The zero-order valence-corrected chi connectivity index (χ0v) is 12.2. The summed E-state index contributed by atoms with van der Waals surface area (Å²) >= 11 is 0.429. The van der Waals surface area contributed by atoms with Gasteiger partial charge in [0.25, 0.3) is 0 Å². The molecule has 0 radical (unpaired) electrons. The quantitative estimate of drug-likeness (QED) is 0.718. The molecule has 0 amide bonds. The molecule has 0 aromatic heterocycles. The van der Waals surface area contributed by atoms with Crippen LogP contribution in [0.1, 0.15) is 43.0 Å². The second-order valence-corrected chi connectivity index (χ2v) is 5.90. The molecule has 0 saturated carbocycles. The minimum Gasteiger partial charge on any atom is -0.327 e. The predicted octanol–water partition coefficient (Wildman–Crippen LogP) is 3.12. The predicted molar refractivity (Wildman–Crippen MR) is 73.7 cm³/mol. The molecule has 0 aliphatic rings. The first-order valence-corrected chi connectivity index (χ1v) is 6.43. The fourth-order valence-corrected chi connectivity index (χ4v) is 2.58. The molecule has 2 nitrogen and oxygen atoms in total. The molecule has 0 aliphatic heterocycles. The van der Waals surface area contributed by atoms with Crippen LogP contribution >= 0.6 is 0 Å². The van der Waals surface area contributed by atoms with Crippen molar-refractivity contribution < 1.29 is 8.95 Å². The normalized spacial score (nSPS) is 11.4. The highest BCUT2D eigenvalue weighted by Crippen LogP contribution is 2.20. The third-order valence-corrected chi connectivity index (χ3v) is 2.79. The maximum Gasteiger partial charge on any atom is 0.177 e. The summed E-state index contributed by atoms with van der Waals surface area (Å²) in [4.78, 5) is 0. The Bertz CT molecular complexity index is 454. The van der Waals surface area contributed by atoms with E-state index in [1.807, 2.05) is 34.6 Å². The molecule has 0 heterocycles. The lowest BCUT2D eigenvalue weighted by molar-refractivity contribution is 0.122. The Kier molecular flexibility index (Phi) is 4.28. The van der Waals surface area contributed by atoms with Gasteiger partial charge in [-0.1, -0.05) is 17.7 Å². The van der Waals surface area contributed by atoms with Crippen LogP contribution in [0.5, 0.6) is 0 Å². The van der Waals surface area contributed by atoms with E-state index in [9.17, 15) is 4.21 Å². The Hall–Kier alpha value is -0.930. The largest absolute Gasteiger partial charge is 0.327 e. The van der Waals surface area contributed by atoms with Gasteiger partial charge in [0, 0.05) is 5.56 Å². The minimum absolute atomic E-state index is 0.351. The van der Waals surface area contributed by atoms with Crippen molar-refractivity contribution in [3.05, 3.63) is 34.4 Å². The van der Waals surface area contributed by atoms with Crippen LogP contribution in [-0.4, -0.2) is 14.9 Å². The summed E-state index contributed by atoms with van der Waals surface area (Å²) in [6.45, 7) is 11.9. The van der Waals surface area contributed by atoms with Crippen molar-refractivity contribution in [2.45, 2.75) is 47.1 Å². The fourth-order valence-electron chi connectivity index (χ4n) is 1.89. The molecular weight excluding hydrogens is 232 g/mol. The van der Waals surface area contributed by atoms with E-state index in [4.69, 9.17) is 4.74 Å². The van der Waals surface area contributed by atoms with E-state index in [1.54, 1.807) is 0 Å². The molecule has 1 aromatic rings. The van der Waals surface area contributed by atoms with E-state index in [2.05, 4.69) is 19.1 Å². The molecule has 17 heavy (non-hydrogen) atoms. The van der Waals surface area contributed by atoms with E-state index in [-0.39, 0.29) is 5.60 Å². The minimum atomic E-state index is -0.351. The van der Waals surface area contributed by atoms with Crippen molar-refractivity contribution in [2.24, 2.45) is 0 Å². The third-order valence-electron chi connectivity index (χ3n) is 2.36. The summed E-state index contributed by atoms with van der Waals surface area (Å²) in [5.74, 6) is 0. The van der Waals surface area contributed by atoms with E-state index in [0.29, 0.717) is 16.3 Å². The number of aryl methyl sites for hydroxylation is 3. The molecule has 0 aliphatic carbocycles. The van der Waals surface area contributed by atoms with Crippen LogP contribution in [0.4, 0.5) is 0 Å². The summed E-state index contributed by atoms with van der Waals surface area (Å²) in [5, 5.41) is 0.465. The molecule has 0 fully saturated rings. The van der Waals surface area contributed by atoms with Crippen molar-refractivity contribution >= 4 is 16.3 Å². The lowest BCUT2D eigenvalue weighted by Gasteiger charge is -2.21. The van der Waals surface area contributed by atoms with Crippen LogP contribution in [0.3, 0.4) is 0 Å². The van der Waals surface area contributed by atoms with Gasteiger partial charge in [0.05, 0.1) is 5.60 Å². The fraction of sp³-hybridized carbons (Fsp3) is 0.500. The highest BCUT2D eigenvalue weighted by atomic mass is 32.1. The second-order valence-electron chi connectivity index (χ2n) is 5.36. The standard InChI is InChI=1S/C14H20O2S/c1-9-7-10(2)12(11(3)8-9)13(17-15)16-14(4,5)6/h7-8H,1-6H3. The van der Waals surface area contributed by atoms with Gasteiger partial charge in [-0.3, -0.25) is 0 Å². The van der Waals surface area contributed by atoms with Crippen LogP contribution in [0.15, 0.2) is 12.1 Å². The van der Waals surface area contributed by atoms with Gasteiger partial charge in [-0.15, -0.1) is 0 Å². The van der Waals surface area contributed by atoms with Crippen molar-refractivity contribution in [3.8, 4) is 0 Å². The van der Waals surface area contributed by atoms with Crippen LogP contribution in [0.25, 0.3) is 0 Å². The molecule has 0 bridgehead atoms. The van der Waals surface area contributed by atoms with Gasteiger partial charge in [-0.2, -0.15) is 0 Å². The summed E-state index contributed by atoms with van der Waals surface area (Å²) in [6.07, 6.45) is 0. The van der Waals surface area contributed by atoms with Crippen LogP contribution in [0, 0.1) is 20.8 Å². The topological polar surface area (TPSA) is 26.3 Å². The molecule has 0 saturated heterocycles. The number of ether oxygens (including phenoxy) is 1. The van der Waals surface area contributed by atoms with Gasteiger partial charge in [0.1, 0.15) is 11.3 Å². The van der Waals surface area contributed by atoms with E-state index in [1.165, 1.54) is 5.56 Å². The third kappa shape index (κ3) is 3.79. The Morgan fingerprint density at radius 2 is 1.59 bits per heavy atom. The number of hydrogen-bond acceptors (Lipinski definition) is 2. The van der Waals surface area contributed by atoms with Gasteiger partial charge in [0.2, 0.25) is 0 Å². The second kappa shape index (κ2) is 5.15. The van der Waals surface area contributed by atoms with Crippen molar-refractivity contribution in [1.82, 2.24) is 0 Å². The molecule has 0 atom stereocenters. The van der Waals surface area contributed by atoms with Gasteiger partial charge in [-0.05, 0) is 52.7 Å². The Labute approximate surface area is 107 Å². The summed E-state index contributed by atoms with van der Waals surface area (Å²) in [6, 6.07) is 4.15. The first kappa shape index (κ1) is 14.1. The molecular formula is C14H20O2S. The number of benzene rings is 1. The molecule has 1 aromatic carbocycles. The first-order valence-electron chi connectivity index (χ1n) is 5.68. The summed E-state index contributed by atoms with van der Waals surface area (Å²) in [5.41, 5.74) is 3.96. The summed E-state index contributed by atoms with van der Waals surface area (Å²) in [7, 11) is 0. The smallest absolute Gasteiger partial charge is 0.177 e. The lowest BCUT2D eigenvalue weighted by atomic mass is 10.0. The molecule has 94 valence electrons. The Morgan fingerprint density at radius 1 is 1.12 bits per heavy atom. The lowest BCUT2D eigenvalue weighted by Crippen LogP contribution is -2.25.